The number of Topliss-reactive ketones (excluding diaryl/α,β-unsaturated/α-hetero) is 1. The minimum Gasteiger partial charge on any atom is -0.746 e. The van der Waals surface area contributed by atoms with E-state index in [4.69, 9.17) is 0 Å². The molecule has 14 heavy (non-hydrogen) atoms. The van der Waals surface area contributed by atoms with Gasteiger partial charge in [0, 0.05) is 6.42 Å². The third-order valence-corrected chi connectivity index (χ3v) is 1.76. The fraction of sp³-hybridized carbons (Fsp3) is 0.857. The third kappa shape index (κ3) is 12.5. The van der Waals surface area contributed by atoms with E-state index in [-0.39, 0.29) is 41.9 Å². The standard InChI is InChI=1S/C7H14O5S.Na/c1-2-3-4-7(8)5-12-6-13(9,10)11;/h2-6H2,1H3,(H,9,10,11);/q;+1/p-1. The normalized spacial score (nSPS) is 10.7. The Morgan fingerprint density at radius 1 is 1.43 bits per heavy atom. The van der Waals surface area contributed by atoms with Crippen molar-refractivity contribution in [3.05, 3.63) is 0 Å². The fourth-order valence-corrected chi connectivity index (χ4v) is 0.991. The minimum atomic E-state index is -4.36. The molecule has 0 aliphatic carbocycles. The first-order chi connectivity index (χ1) is 5.95. The van der Waals surface area contributed by atoms with E-state index in [9.17, 15) is 17.8 Å². The van der Waals surface area contributed by atoms with Crippen LogP contribution in [-0.2, 0) is 19.6 Å². The van der Waals surface area contributed by atoms with Crippen LogP contribution in [-0.4, -0.2) is 31.3 Å². The van der Waals surface area contributed by atoms with Crippen LogP contribution in [0.15, 0.2) is 0 Å². The molecule has 0 fully saturated rings. The van der Waals surface area contributed by atoms with Gasteiger partial charge in [0.25, 0.3) is 0 Å². The number of rotatable bonds is 7. The molecule has 0 N–H and O–H groups in total. The van der Waals surface area contributed by atoms with E-state index in [2.05, 4.69) is 4.74 Å². The number of ether oxygens (including phenoxy) is 1. The smallest absolute Gasteiger partial charge is 0.746 e. The van der Waals surface area contributed by atoms with Gasteiger partial charge in [0.15, 0.2) is 5.78 Å². The summed E-state index contributed by atoms with van der Waals surface area (Å²) in [6.07, 6.45) is 2.02. The second-order valence-electron chi connectivity index (χ2n) is 2.67. The molecular weight excluding hydrogens is 219 g/mol. The predicted molar refractivity (Wildman–Crippen MR) is 45.0 cm³/mol. The van der Waals surface area contributed by atoms with Crippen LogP contribution in [0, 0.1) is 0 Å². The maximum absolute atomic E-state index is 10.9. The van der Waals surface area contributed by atoms with E-state index in [1.54, 1.807) is 0 Å². The molecule has 0 aliphatic rings. The first-order valence-electron chi connectivity index (χ1n) is 3.98. The van der Waals surface area contributed by atoms with Crippen LogP contribution in [0.3, 0.4) is 0 Å². The number of hydrogen-bond acceptors (Lipinski definition) is 5. The van der Waals surface area contributed by atoms with Crippen molar-refractivity contribution < 1.29 is 52.1 Å². The summed E-state index contributed by atoms with van der Waals surface area (Å²) in [4.78, 5) is 10.9. The monoisotopic (exact) mass is 232 g/mol. The summed E-state index contributed by atoms with van der Waals surface area (Å²) in [6, 6.07) is 0. The molecule has 0 bridgehead atoms. The van der Waals surface area contributed by atoms with Crippen molar-refractivity contribution in [1.29, 1.82) is 0 Å². The molecule has 5 nitrogen and oxygen atoms in total. The van der Waals surface area contributed by atoms with Gasteiger partial charge in [0.2, 0.25) is 0 Å². The Morgan fingerprint density at radius 3 is 2.43 bits per heavy atom. The van der Waals surface area contributed by atoms with Crippen molar-refractivity contribution in [1.82, 2.24) is 0 Å². The van der Waals surface area contributed by atoms with Crippen LogP contribution in [0.5, 0.6) is 0 Å². The van der Waals surface area contributed by atoms with E-state index in [0.29, 0.717) is 6.42 Å². The summed E-state index contributed by atoms with van der Waals surface area (Å²) in [7, 11) is -4.36. The zero-order valence-electron chi connectivity index (χ0n) is 8.49. The average Bonchev–Trinajstić information content (AvgIpc) is 1.98. The Kier molecular flexibility index (Phi) is 10.7. The molecule has 0 atom stereocenters. The molecule has 0 heterocycles. The third-order valence-electron chi connectivity index (χ3n) is 1.30. The van der Waals surface area contributed by atoms with Gasteiger partial charge in [-0.15, -0.1) is 0 Å². The Morgan fingerprint density at radius 2 is 2.00 bits per heavy atom. The topological polar surface area (TPSA) is 83.5 Å². The maximum Gasteiger partial charge on any atom is 1.00 e. The summed E-state index contributed by atoms with van der Waals surface area (Å²) in [5.74, 6) is -1.10. The van der Waals surface area contributed by atoms with Crippen LogP contribution in [0.25, 0.3) is 0 Å². The van der Waals surface area contributed by atoms with Crippen LogP contribution in [0.1, 0.15) is 26.2 Å². The summed E-state index contributed by atoms with van der Waals surface area (Å²) >= 11 is 0. The number of carbonyl (C=O) groups is 1. The van der Waals surface area contributed by atoms with E-state index in [0.717, 1.165) is 12.8 Å². The molecule has 0 aromatic heterocycles. The number of carbonyl (C=O) groups excluding carboxylic acids is 1. The largest absolute Gasteiger partial charge is 1.00 e. The number of unbranched alkanes of at least 4 members (excludes halogenated alkanes) is 1. The van der Waals surface area contributed by atoms with Crippen molar-refractivity contribution in [3.63, 3.8) is 0 Å². The SMILES string of the molecule is CCCCC(=O)COCS(=O)(=O)[O-].[Na+]. The Balaban J connectivity index is 0. The van der Waals surface area contributed by atoms with Gasteiger partial charge in [-0.05, 0) is 6.42 Å². The van der Waals surface area contributed by atoms with E-state index in [1.165, 1.54) is 0 Å². The van der Waals surface area contributed by atoms with Gasteiger partial charge in [-0.1, -0.05) is 13.3 Å². The molecule has 0 aromatic rings. The molecule has 0 unspecified atom stereocenters. The van der Waals surface area contributed by atoms with Gasteiger partial charge < -0.3 is 9.29 Å². The molecule has 0 saturated heterocycles. The minimum absolute atomic E-state index is 0. The molecule has 0 saturated carbocycles. The van der Waals surface area contributed by atoms with Crippen LogP contribution < -0.4 is 29.6 Å². The molecule has 0 rings (SSSR count). The molecule has 78 valence electrons. The molecule has 7 heteroatoms. The predicted octanol–water partition coefficient (Wildman–Crippen LogP) is -2.73. The van der Waals surface area contributed by atoms with E-state index < -0.39 is 16.1 Å². The Bertz CT molecular complexity index is 249. The van der Waals surface area contributed by atoms with Gasteiger partial charge in [-0.2, -0.15) is 0 Å². The quantitative estimate of drug-likeness (QED) is 0.351. The van der Waals surface area contributed by atoms with Gasteiger partial charge in [-0.3, -0.25) is 4.79 Å². The summed E-state index contributed by atoms with van der Waals surface area (Å²) < 4.78 is 34.5. The Labute approximate surface area is 106 Å². The summed E-state index contributed by atoms with van der Waals surface area (Å²) in [5, 5.41) is 0. The van der Waals surface area contributed by atoms with Crippen molar-refractivity contribution in [3.8, 4) is 0 Å². The van der Waals surface area contributed by atoms with Gasteiger partial charge in [-0.25, -0.2) is 8.42 Å². The van der Waals surface area contributed by atoms with Gasteiger partial charge in [0.05, 0.1) is 0 Å². The maximum atomic E-state index is 10.9. The van der Waals surface area contributed by atoms with Crippen molar-refractivity contribution in [2.45, 2.75) is 26.2 Å². The molecule has 0 spiro atoms. The zero-order chi connectivity index (χ0) is 10.3. The molecule has 0 amide bonds. The van der Waals surface area contributed by atoms with Crippen LogP contribution in [0.4, 0.5) is 0 Å². The van der Waals surface area contributed by atoms with E-state index in [1.807, 2.05) is 6.92 Å². The van der Waals surface area contributed by atoms with Crippen molar-refractivity contribution in [2.75, 3.05) is 12.5 Å². The number of hydrogen-bond donors (Lipinski definition) is 0. The molecule has 0 radical (unpaired) electrons. The summed E-state index contributed by atoms with van der Waals surface area (Å²) in [6.45, 7) is 1.65. The van der Waals surface area contributed by atoms with Crippen LogP contribution in [0.2, 0.25) is 0 Å². The van der Waals surface area contributed by atoms with Crippen molar-refractivity contribution >= 4 is 15.9 Å². The first-order valence-corrected chi connectivity index (χ1v) is 5.56. The van der Waals surface area contributed by atoms with Gasteiger partial charge in [0.1, 0.15) is 22.7 Å². The number of ketones is 1. The van der Waals surface area contributed by atoms with Crippen molar-refractivity contribution in [2.24, 2.45) is 0 Å². The van der Waals surface area contributed by atoms with Crippen LogP contribution >= 0.6 is 0 Å². The molecular formula is C7H13NaO5S. The zero-order valence-corrected chi connectivity index (χ0v) is 11.3. The van der Waals surface area contributed by atoms with E-state index >= 15 is 0 Å². The fourth-order valence-electron chi connectivity index (χ4n) is 0.704. The first kappa shape index (κ1) is 17.0. The molecule has 0 aromatic carbocycles. The summed E-state index contributed by atoms with van der Waals surface area (Å²) in [5.41, 5.74) is 0. The van der Waals surface area contributed by atoms with Gasteiger partial charge >= 0.3 is 29.6 Å². The average molecular weight is 232 g/mol. The molecule has 0 aliphatic heterocycles. The second kappa shape index (κ2) is 8.82. The second-order valence-corrected chi connectivity index (χ2v) is 4.02. The Hall–Kier alpha value is 0.540.